The first-order valence-corrected chi connectivity index (χ1v) is 7.35. The van der Waals surface area contributed by atoms with E-state index in [2.05, 4.69) is 12.3 Å². The number of furan rings is 1. The molecule has 0 saturated carbocycles. The van der Waals surface area contributed by atoms with Gasteiger partial charge in [-0.05, 0) is 25.0 Å². The molecule has 1 heterocycles. The summed E-state index contributed by atoms with van der Waals surface area (Å²) < 4.78 is 5.33. The molecule has 18 heavy (non-hydrogen) atoms. The number of rotatable bonds is 11. The summed E-state index contributed by atoms with van der Waals surface area (Å²) in [5.41, 5.74) is 2.92. The van der Waals surface area contributed by atoms with Crippen LogP contribution >= 0.6 is 0 Å². The molecule has 104 valence electrons. The largest absolute Gasteiger partial charge is 0.469 e. The summed E-state index contributed by atoms with van der Waals surface area (Å²) in [6.45, 7) is 2.25. The van der Waals surface area contributed by atoms with Crippen LogP contribution in [-0.4, -0.2) is 6.04 Å². The first-order chi connectivity index (χ1) is 8.86. The first kappa shape index (κ1) is 15.3. The van der Waals surface area contributed by atoms with E-state index >= 15 is 0 Å². The van der Waals surface area contributed by atoms with Gasteiger partial charge in [0.15, 0.2) is 0 Å². The Balaban J connectivity index is 2.02. The Morgan fingerprint density at radius 3 is 2.61 bits per heavy atom. The Morgan fingerprint density at radius 2 is 1.94 bits per heavy atom. The molecule has 1 atom stereocenters. The second kappa shape index (κ2) is 10.2. The second-order valence-corrected chi connectivity index (χ2v) is 5.04. The van der Waals surface area contributed by atoms with Gasteiger partial charge >= 0.3 is 0 Å². The molecular formula is C15H28N2O. The molecule has 1 aromatic heterocycles. The van der Waals surface area contributed by atoms with Gasteiger partial charge in [0, 0.05) is 12.5 Å². The molecule has 0 saturated heterocycles. The van der Waals surface area contributed by atoms with Crippen molar-refractivity contribution in [2.24, 2.45) is 5.84 Å². The van der Waals surface area contributed by atoms with E-state index in [9.17, 15) is 0 Å². The Bertz CT molecular complexity index is 272. The van der Waals surface area contributed by atoms with E-state index in [0.29, 0.717) is 6.04 Å². The van der Waals surface area contributed by atoms with Crippen molar-refractivity contribution in [3.63, 3.8) is 0 Å². The van der Waals surface area contributed by atoms with Gasteiger partial charge in [-0.3, -0.25) is 11.3 Å². The van der Waals surface area contributed by atoms with Crippen LogP contribution < -0.4 is 11.3 Å². The highest BCUT2D eigenvalue weighted by atomic mass is 16.3. The Labute approximate surface area is 111 Å². The molecule has 1 aromatic rings. The molecule has 0 radical (unpaired) electrons. The molecular weight excluding hydrogens is 224 g/mol. The highest BCUT2D eigenvalue weighted by molar-refractivity contribution is 4.98. The van der Waals surface area contributed by atoms with Crippen molar-refractivity contribution in [2.75, 3.05) is 0 Å². The number of nitrogens with two attached hydrogens (primary N) is 1. The molecule has 3 heteroatoms. The SMILES string of the molecule is CCCCCCCCC(CCc1ccco1)NN. The molecule has 1 rings (SSSR count). The number of hydrazine groups is 1. The highest BCUT2D eigenvalue weighted by Crippen LogP contribution is 2.12. The molecule has 0 spiro atoms. The summed E-state index contributed by atoms with van der Waals surface area (Å²) >= 11 is 0. The lowest BCUT2D eigenvalue weighted by atomic mass is 10.0. The van der Waals surface area contributed by atoms with E-state index in [4.69, 9.17) is 10.3 Å². The van der Waals surface area contributed by atoms with Gasteiger partial charge in [0.25, 0.3) is 0 Å². The molecule has 1 unspecified atom stereocenters. The third-order valence-electron chi connectivity index (χ3n) is 3.46. The number of unbranched alkanes of at least 4 members (excludes halogenated alkanes) is 5. The van der Waals surface area contributed by atoms with E-state index in [0.717, 1.165) is 18.6 Å². The van der Waals surface area contributed by atoms with Gasteiger partial charge in [-0.15, -0.1) is 0 Å². The van der Waals surface area contributed by atoms with Crippen molar-refractivity contribution < 1.29 is 4.42 Å². The predicted molar refractivity (Wildman–Crippen MR) is 76.1 cm³/mol. The van der Waals surface area contributed by atoms with Crippen molar-refractivity contribution >= 4 is 0 Å². The Morgan fingerprint density at radius 1 is 1.17 bits per heavy atom. The summed E-state index contributed by atoms with van der Waals surface area (Å²) in [4.78, 5) is 0. The quantitative estimate of drug-likeness (QED) is 0.358. The zero-order valence-corrected chi connectivity index (χ0v) is 11.7. The van der Waals surface area contributed by atoms with Crippen LogP contribution in [0.2, 0.25) is 0 Å². The van der Waals surface area contributed by atoms with E-state index in [-0.39, 0.29) is 0 Å². The van der Waals surface area contributed by atoms with E-state index in [1.165, 1.54) is 44.9 Å². The van der Waals surface area contributed by atoms with Crippen LogP contribution in [0.4, 0.5) is 0 Å². The van der Waals surface area contributed by atoms with Crippen molar-refractivity contribution in [3.8, 4) is 0 Å². The fourth-order valence-electron chi connectivity index (χ4n) is 2.25. The predicted octanol–water partition coefficient (Wildman–Crippen LogP) is 3.79. The number of hydrogen-bond donors (Lipinski definition) is 2. The van der Waals surface area contributed by atoms with Crippen LogP contribution in [0.5, 0.6) is 0 Å². The fraction of sp³-hybridized carbons (Fsp3) is 0.733. The normalized spacial score (nSPS) is 12.8. The summed E-state index contributed by atoms with van der Waals surface area (Å²) in [6, 6.07) is 4.38. The minimum absolute atomic E-state index is 0.418. The third-order valence-corrected chi connectivity index (χ3v) is 3.46. The summed E-state index contributed by atoms with van der Waals surface area (Å²) in [6.07, 6.45) is 13.0. The van der Waals surface area contributed by atoms with Crippen LogP contribution in [0.15, 0.2) is 22.8 Å². The highest BCUT2D eigenvalue weighted by Gasteiger charge is 2.07. The maximum Gasteiger partial charge on any atom is 0.103 e. The standard InChI is InChI=1S/C15H28N2O/c1-2-3-4-5-6-7-9-14(17-16)11-12-15-10-8-13-18-15/h8,10,13-14,17H,2-7,9,11-12,16H2,1H3. The Hall–Kier alpha value is -0.800. The molecule has 0 aliphatic carbocycles. The van der Waals surface area contributed by atoms with Crippen molar-refractivity contribution in [1.29, 1.82) is 0 Å². The van der Waals surface area contributed by atoms with Gasteiger partial charge in [0.1, 0.15) is 5.76 Å². The van der Waals surface area contributed by atoms with Gasteiger partial charge in [0.2, 0.25) is 0 Å². The van der Waals surface area contributed by atoms with Crippen LogP contribution in [0.3, 0.4) is 0 Å². The molecule has 0 aliphatic rings. The molecule has 3 N–H and O–H groups in total. The monoisotopic (exact) mass is 252 g/mol. The van der Waals surface area contributed by atoms with Crippen LogP contribution in [-0.2, 0) is 6.42 Å². The smallest absolute Gasteiger partial charge is 0.103 e. The molecule has 0 aromatic carbocycles. The van der Waals surface area contributed by atoms with Crippen molar-refractivity contribution in [1.82, 2.24) is 5.43 Å². The number of aryl methyl sites for hydroxylation is 1. The zero-order chi connectivity index (χ0) is 13.1. The zero-order valence-electron chi connectivity index (χ0n) is 11.7. The fourth-order valence-corrected chi connectivity index (χ4v) is 2.25. The van der Waals surface area contributed by atoms with Gasteiger partial charge in [0.05, 0.1) is 6.26 Å². The summed E-state index contributed by atoms with van der Waals surface area (Å²) in [5, 5.41) is 0. The Kier molecular flexibility index (Phi) is 8.61. The number of nitrogens with one attached hydrogen (secondary N) is 1. The van der Waals surface area contributed by atoms with Gasteiger partial charge in [-0.25, -0.2) is 0 Å². The molecule has 3 nitrogen and oxygen atoms in total. The third kappa shape index (κ3) is 6.82. The lowest BCUT2D eigenvalue weighted by Gasteiger charge is -2.14. The average Bonchev–Trinajstić information content (AvgIpc) is 2.90. The maximum atomic E-state index is 5.59. The van der Waals surface area contributed by atoms with Crippen LogP contribution in [0, 0.1) is 0 Å². The van der Waals surface area contributed by atoms with Gasteiger partial charge in [-0.1, -0.05) is 45.4 Å². The van der Waals surface area contributed by atoms with E-state index in [1.807, 2.05) is 12.1 Å². The topological polar surface area (TPSA) is 51.2 Å². The van der Waals surface area contributed by atoms with E-state index in [1.54, 1.807) is 6.26 Å². The van der Waals surface area contributed by atoms with Gasteiger partial charge < -0.3 is 4.42 Å². The molecule has 0 amide bonds. The summed E-state index contributed by atoms with van der Waals surface area (Å²) in [7, 11) is 0. The first-order valence-electron chi connectivity index (χ1n) is 7.35. The minimum atomic E-state index is 0.418. The lowest BCUT2D eigenvalue weighted by molar-refractivity contribution is 0.416. The van der Waals surface area contributed by atoms with Gasteiger partial charge in [-0.2, -0.15) is 0 Å². The summed E-state index contributed by atoms with van der Waals surface area (Å²) in [5.74, 6) is 6.65. The van der Waals surface area contributed by atoms with Crippen molar-refractivity contribution in [2.45, 2.75) is 70.8 Å². The van der Waals surface area contributed by atoms with E-state index < -0.39 is 0 Å². The molecule has 0 aliphatic heterocycles. The lowest BCUT2D eigenvalue weighted by Crippen LogP contribution is -2.35. The van der Waals surface area contributed by atoms with Crippen LogP contribution in [0.1, 0.15) is 64.1 Å². The second-order valence-electron chi connectivity index (χ2n) is 5.04. The molecule has 0 fully saturated rings. The minimum Gasteiger partial charge on any atom is -0.469 e. The number of hydrogen-bond acceptors (Lipinski definition) is 3. The molecule has 0 bridgehead atoms. The maximum absolute atomic E-state index is 5.59. The van der Waals surface area contributed by atoms with Crippen molar-refractivity contribution in [3.05, 3.63) is 24.2 Å². The average molecular weight is 252 g/mol. The van der Waals surface area contributed by atoms with Crippen LogP contribution in [0.25, 0.3) is 0 Å².